The molecule has 1 aliphatic rings. The molecular formula is C12H15ClN2O. The molecule has 0 radical (unpaired) electrons. The topological polar surface area (TPSA) is 36.4 Å². The highest BCUT2D eigenvalue weighted by molar-refractivity contribution is 6.33. The van der Waals surface area contributed by atoms with Gasteiger partial charge in [0.15, 0.2) is 0 Å². The van der Waals surface area contributed by atoms with Crippen LogP contribution < -0.4 is 4.90 Å². The zero-order chi connectivity index (χ0) is 11.5. The number of aliphatic hydroxyl groups is 1. The van der Waals surface area contributed by atoms with Gasteiger partial charge in [-0.15, -0.1) is 6.58 Å². The summed E-state index contributed by atoms with van der Waals surface area (Å²) in [6.45, 7) is 4.48. The van der Waals surface area contributed by atoms with Crippen LogP contribution in [0.4, 0.5) is 5.82 Å². The first kappa shape index (κ1) is 11.4. The second kappa shape index (κ2) is 4.85. The Balaban J connectivity index is 2.26. The molecule has 86 valence electrons. The van der Waals surface area contributed by atoms with E-state index in [0.717, 1.165) is 17.9 Å². The van der Waals surface area contributed by atoms with E-state index in [4.69, 9.17) is 16.7 Å². The number of pyridine rings is 1. The van der Waals surface area contributed by atoms with Gasteiger partial charge in [-0.2, -0.15) is 0 Å². The number of nitrogens with zero attached hydrogens (tertiary/aromatic N) is 2. The van der Waals surface area contributed by atoms with E-state index in [0.29, 0.717) is 11.1 Å². The third-order valence-corrected chi connectivity index (χ3v) is 2.92. The minimum absolute atomic E-state index is 0.0299. The molecule has 16 heavy (non-hydrogen) atoms. The van der Waals surface area contributed by atoms with Crippen LogP contribution in [0, 0.1) is 0 Å². The van der Waals surface area contributed by atoms with Crippen molar-refractivity contribution < 1.29 is 5.11 Å². The highest BCUT2D eigenvalue weighted by Crippen LogP contribution is 2.34. The van der Waals surface area contributed by atoms with Crippen molar-refractivity contribution in [3.8, 4) is 0 Å². The summed E-state index contributed by atoms with van der Waals surface area (Å²) < 4.78 is 0. The number of rotatable bonds is 5. The largest absolute Gasteiger partial charge is 0.392 e. The van der Waals surface area contributed by atoms with E-state index >= 15 is 0 Å². The Labute approximate surface area is 100 Å². The summed E-state index contributed by atoms with van der Waals surface area (Å²) >= 11 is 6.16. The van der Waals surface area contributed by atoms with Gasteiger partial charge in [0.05, 0.1) is 11.6 Å². The van der Waals surface area contributed by atoms with Crippen molar-refractivity contribution in [3.63, 3.8) is 0 Å². The monoisotopic (exact) mass is 238 g/mol. The van der Waals surface area contributed by atoms with E-state index < -0.39 is 0 Å². The van der Waals surface area contributed by atoms with Crippen molar-refractivity contribution in [2.75, 3.05) is 11.4 Å². The summed E-state index contributed by atoms with van der Waals surface area (Å²) in [5.74, 6) is 0.793. The second-order valence-corrected chi connectivity index (χ2v) is 4.39. The molecule has 1 N–H and O–H groups in total. The van der Waals surface area contributed by atoms with Crippen molar-refractivity contribution in [1.82, 2.24) is 4.98 Å². The van der Waals surface area contributed by atoms with Gasteiger partial charge in [-0.25, -0.2) is 4.98 Å². The van der Waals surface area contributed by atoms with E-state index in [2.05, 4.69) is 16.5 Å². The molecule has 1 saturated carbocycles. The number of hydrogen-bond acceptors (Lipinski definition) is 3. The van der Waals surface area contributed by atoms with Crippen LogP contribution in [0.2, 0.25) is 5.02 Å². The van der Waals surface area contributed by atoms with Gasteiger partial charge >= 0.3 is 0 Å². The van der Waals surface area contributed by atoms with Crippen molar-refractivity contribution >= 4 is 17.4 Å². The molecule has 0 unspecified atom stereocenters. The lowest BCUT2D eigenvalue weighted by molar-refractivity contribution is 0.281. The molecule has 2 rings (SSSR count). The van der Waals surface area contributed by atoms with Gasteiger partial charge in [0.25, 0.3) is 0 Å². The van der Waals surface area contributed by atoms with Gasteiger partial charge in [-0.1, -0.05) is 17.7 Å². The van der Waals surface area contributed by atoms with Crippen LogP contribution in [0.5, 0.6) is 0 Å². The fourth-order valence-corrected chi connectivity index (χ4v) is 2.00. The molecule has 1 heterocycles. The minimum atomic E-state index is -0.0299. The predicted octanol–water partition coefficient (Wildman–Crippen LogP) is 2.38. The Kier molecular flexibility index (Phi) is 3.46. The van der Waals surface area contributed by atoms with E-state index in [1.54, 1.807) is 12.3 Å². The first-order valence-corrected chi connectivity index (χ1v) is 5.77. The summed E-state index contributed by atoms with van der Waals surface area (Å²) in [5.41, 5.74) is 0.739. The third-order valence-electron chi connectivity index (χ3n) is 2.65. The molecule has 0 spiro atoms. The predicted molar refractivity (Wildman–Crippen MR) is 65.7 cm³/mol. The smallest absolute Gasteiger partial charge is 0.147 e. The number of aliphatic hydroxyl groups excluding tert-OH is 1. The molecule has 3 nitrogen and oxygen atoms in total. The lowest BCUT2D eigenvalue weighted by Crippen LogP contribution is -2.26. The molecule has 0 aliphatic heterocycles. The maximum absolute atomic E-state index is 8.99. The Morgan fingerprint density at radius 2 is 2.38 bits per heavy atom. The van der Waals surface area contributed by atoms with Gasteiger partial charge in [-0.3, -0.25) is 0 Å². The molecule has 1 aromatic heterocycles. The summed E-state index contributed by atoms with van der Waals surface area (Å²) in [6, 6.07) is 2.31. The SMILES string of the molecule is C=CCN(c1ncc(CO)cc1Cl)C1CC1. The first-order chi connectivity index (χ1) is 7.76. The zero-order valence-electron chi connectivity index (χ0n) is 9.06. The van der Waals surface area contributed by atoms with E-state index in [-0.39, 0.29) is 6.61 Å². The van der Waals surface area contributed by atoms with Gasteiger partial charge in [0.1, 0.15) is 5.82 Å². The third kappa shape index (κ3) is 2.36. The highest BCUT2D eigenvalue weighted by Gasteiger charge is 2.30. The Hall–Kier alpha value is -1.06. The Morgan fingerprint density at radius 3 is 2.88 bits per heavy atom. The van der Waals surface area contributed by atoms with Crippen molar-refractivity contribution in [3.05, 3.63) is 35.5 Å². The molecular weight excluding hydrogens is 224 g/mol. The average Bonchev–Trinajstić information content (AvgIpc) is 3.10. The fourth-order valence-electron chi connectivity index (χ4n) is 1.70. The molecule has 0 atom stereocenters. The van der Waals surface area contributed by atoms with Crippen LogP contribution in [0.3, 0.4) is 0 Å². The maximum atomic E-state index is 8.99. The van der Waals surface area contributed by atoms with Crippen LogP contribution in [0.25, 0.3) is 0 Å². The number of halogens is 1. The van der Waals surface area contributed by atoms with Gasteiger partial charge in [0, 0.05) is 18.8 Å². The van der Waals surface area contributed by atoms with Crippen LogP contribution in [0.1, 0.15) is 18.4 Å². The standard InChI is InChI=1S/C12H15ClN2O/c1-2-5-15(10-3-4-10)12-11(13)6-9(8-16)7-14-12/h2,6-7,10,16H,1,3-5,8H2. The molecule has 0 saturated heterocycles. The molecule has 0 aromatic carbocycles. The number of aromatic nitrogens is 1. The highest BCUT2D eigenvalue weighted by atomic mass is 35.5. The lowest BCUT2D eigenvalue weighted by Gasteiger charge is -2.22. The van der Waals surface area contributed by atoms with Crippen molar-refractivity contribution in [1.29, 1.82) is 0 Å². The van der Waals surface area contributed by atoms with Gasteiger partial charge < -0.3 is 10.0 Å². The summed E-state index contributed by atoms with van der Waals surface area (Å²) in [4.78, 5) is 6.48. The van der Waals surface area contributed by atoms with Crippen LogP contribution in [-0.2, 0) is 6.61 Å². The van der Waals surface area contributed by atoms with E-state index in [1.807, 2.05) is 6.08 Å². The van der Waals surface area contributed by atoms with Crippen LogP contribution in [-0.4, -0.2) is 22.7 Å². The fraction of sp³-hybridized carbons (Fsp3) is 0.417. The Bertz CT molecular complexity index is 391. The normalized spacial score (nSPS) is 14.9. The Morgan fingerprint density at radius 1 is 1.62 bits per heavy atom. The number of hydrogen-bond donors (Lipinski definition) is 1. The van der Waals surface area contributed by atoms with Gasteiger partial charge in [0.2, 0.25) is 0 Å². The first-order valence-electron chi connectivity index (χ1n) is 5.39. The molecule has 1 aliphatic carbocycles. The zero-order valence-corrected chi connectivity index (χ0v) is 9.82. The van der Waals surface area contributed by atoms with Crippen LogP contribution in [0.15, 0.2) is 24.9 Å². The number of anilines is 1. The summed E-state index contributed by atoms with van der Waals surface area (Å²) in [6.07, 6.45) is 5.90. The van der Waals surface area contributed by atoms with Crippen molar-refractivity contribution in [2.45, 2.75) is 25.5 Å². The molecule has 1 aromatic rings. The molecule has 1 fully saturated rings. The van der Waals surface area contributed by atoms with Crippen molar-refractivity contribution in [2.24, 2.45) is 0 Å². The van der Waals surface area contributed by atoms with Gasteiger partial charge in [-0.05, 0) is 24.5 Å². The quantitative estimate of drug-likeness (QED) is 0.801. The van der Waals surface area contributed by atoms with Crippen LogP contribution >= 0.6 is 11.6 Å². The van der Waals surface area contributed by atoms with E-state index in [1.165, 1.54) is 12.8 Å². The summed E-state index contributed by atoms with van der Waals surface area (Å²) in [5, 5.41) is 9.59. The molecule has 0 bridgehead atoms. The second-order valence-electron chi connectivity index (χ2n) is 3.98. The average molecular weight is 239 g/mol. The minimum Gasteiger partial charge on any atom is -0.392 e. The summed E-state index contributed by atoms with van der Waals surface area (Å²) in [7, 11) is 0. The molecule has 0 amide bonds. The molecule has 4 heteroatoms. The van der Waals surface area contributed by atoms with E-state index in [9.17, 15) is 0 Å². The lowest BCUT2D eigenvalue weighted by atomic mass is 10.3. The maximum Gasteiger partial charge on any atom is 0.147 e.